The van der Waals surface area contributed by atoms with E-state index in [9.17, 15) is 19.2 Å². The zero-order chi connectivity index (χ0) is 22.0. The van der Waals surface area contributed by atoms with Gasteiger partial charge in [-0.25, -0.2) is 9.36 Å². The van der Waals surface area contributed by atoms with Gasteiger partial charge in [0, 0.05) is 18.7 Å². The zero-order valence-corrected chi connectivity index (χ0v) is 18.5. The monoisotopic (exact) mass is 408 g/mol. The van der Waals surface area contributed by atoms with Gasteiger partial charge >= 0.3 is 11.7 Å². The Labute approximate surface area is 172 Å². The average molecular weight is 409 g/mol. The van der Waals surface area contributed by atoms with E-state index in [0.29, 0.717) is 18.9 Å². The van der Waals surface area contributed by atoms with E-state index in [1.165, 1.54) is 6.20 Å². The van der Waals surface area contributed by atoms with Crippen LogP contribution < -0.4 is 11.2 Å². The van der Waals surface area contributed by atoms with Gasteiger partial charge in [0.15, 0.2) is 0 Å². The molecule has 0 saturated heterocycles. The van der Waals surface area contributed by atoms with Gasteiger partial charge < -0.3 is 4.74 Å². The average Bonchev–Trinajstić information content (AvgIpc) is 2.62. The number of ether oxygens (including phenoxy) is 1. The molecule has 7 nitrogen and oxygen atoms in total. The van der Waals surface area contributed by atoms with Crippen LogP contribution in [0.5, 0.6) is 0 Å². The molecule has 1 N–H and O–H groups in total. The van der Waals surface area contributed by atoms with Gasteiger partial charge in [-0.15, -0.1) is 0 Å². The van der Waals surface area contributed by atoms with E-state index in [2.05, 4.69) is 32.7 Å². The number of carbonyl (C=O) groups excluding carboxylic acids is 2. The minimum absolute atomic E-state index is 0.113. The summed E-state index contributed by atoms with van der Waals surface area (Å²) in [6.45, 7) is 10.8. The summed E-state index contributed by atoms with van der Waals surface area (Å²) >= 11 is 0. The Bertz CT molecular complexity index is 778. The van der Waals surface area contributed by atoms with Gasteiger partial charge in [0.1, 0.15) is 0 Å². The largest absolute Gasteiger partial charge is 0.465 e. The van der Waals surface area contributed by atoms with Crippen LogP contribution in [0.2, 0.25) is 0 Å². The van der Waals surface area contributed by atoms with Crippen molar-refractivity contribution in [1.29, 1.82) is 0 Å². The lowest BCUT2D eigenvalue weighted by molar-refractivity contribution is -0.159. The Hall–Kier alpha value is -2.18. The first-order chi connectivity index (χ1) is 13.6. The molecule has 1 aromatic heterocycles. The number of hydrogen-bond donors (Lipinski definition) is 1. The molecule has 1 rings (SSSR count). The lowest BCUT2D eigenvalue weighted by Crippen LogP contribution is -2.36. The molecule has 1 heterocycles. The van der Waals surface area contributed by atoms with E-state index in [1.807, 2.05) is 6.92 Å². The van der Waals surface area contributed by atoms with Crippen molar-refractivity contribution in [3.05, 3.63) is 33.1 Å². The summed E-state index contributed by atoms with van der Waals surface area (Å²) in [5.41, 5.74) is -1.67. The smallest absolute Gasteiger partial charge is 0.335 e. The summed E-state index contributed by atoms with van der Waals surface area (Å²) in [5.74, 6) is 0.228. The van der Waals surface area contributed by atoms with Crippen LogP contribution in [0.3, 0.4) is 0 Å². The number of esters is 1. The van der Waals surface area contributed by atoms with Crippen molar-refractivity contribution in [2.45, 2.75) is 79.6 Å². The summed E-state index contributed by atoms with van der Waals surface area (Å²) in [7, 11) is 0. The fraction of sp³-hybridized carbons (Fsp3) is 0.727. The Morgan fingerprint density at radius 3 is 2.28 bits per heavy atom. The molecule has 7 heteroatoms. The lowest BCUT2D eigenvalue weighted by atomic mass is 9.73. The van der Waals surface area contributed by atoms with Crippen molar-refractivity contribution < 1.29 is 14.3 Å². The Morgan fingerprint density at radius 2 is 1.69 bits per heavy atom. The predicted molar refractivity (Wildman–Crippen MR) is 113 cm³/mol. The van der Waals surface area contributed by atoms with E-state index in [1.54, 1.807) is 0 Å². The third-order valence-electron chi connectivity index (χ3n) is 5.43. The highest BCUT2D eigenvalue weighted by atomic mass is 16.5. The molecule has 1 unspecified atom stereocenters. The maximum absolute atomic E-state index is 12.5. The van der Waals surface area contributed by atoms with Crippen molar-refractivity contribution >= 4 is 11.9 Å². The first-order valence-electron chi connectivity index (χ1n) is 10.6. The molecule has 0 aromatic carbocycles. The molecule has 164 valence electrons. The van der Waals surface area contributed by atoms with E-state index in [0.717, 1.165) is 42.7 Å². The standard InChI is InChI=1S/C22H36N2O5/c1-16(2)15-22(5,17(3)4)20(27)29-14-10-8-6-7-9-11-19(26)24-13-12-18(25)23-21(24)28/h12-13,16-17H,6-11,14-15H2,1-5H3,(H,23,25,28). The Morgan fingerprint density at radius 1 is 1.07 bits per heavy atom. The molecule has 0 aliphatic heterocycles. The lowest BCUT2D eigenvalue weighted by Gasteiger charge is -2.32. The number of nitrogens with one attached hydrogen (secondary N) is 1. The normalized spacial score (nSPS) is 13.5. The van der Waals surface area contributed by atoms with Crippen LogP contribution in [-0.2, 0) is 9.53 Å². The van der Waals surface area contributed by atoms with Gasteiger partial charge in [0.05, 0.1) is 12.0 Å². The maximum Gasteiger partial charge on any atom is 0.335 e. The fourth-order valence-corrected chi connectivity index (χ4v) is 3.38. The van der Waals surface area contributed by atoms with Gasteiger partial charge in [-0.1, -0.05) is 47.0 Å². The second-order valence-electron chi connectivity index (χ2n) is 8.70. The molecular formula is C22H36N2O5. The second kappa shape index (κ2) is 11.7. The molecule has 0 radical (unpaired) electrons. The molecule has 0 fully saturated rings. The van der Waals surface area contributed by atoms with Gasteiger partial charge in [0.25, 0.3) is 5.56 Å². The molecule has 0 amide bonds. The van der Waals surface area contributed by atoms with Crippen molar-refractivity contribution in [3.8, 4) is 0 Å². The first-order valence-corrected chi connectivity index (χ1v) is 10.6. The summed E-state index contributed by atoms with van der Waals surface area (Å²) in [4.78, 5) is 49.2. The van der Waals surface area contributed by atoms with E-state index in [4.69, 9.17) is 4.74 Å². The van der Waals surface area contributed by atoms with Gasteiger partial charge in [-0.3, -0.25) is 19.4 Å². The quantitative estimate of drug-likeness (QED) is 0.419. The third-order valence-corrected chi connectivity index (χ3v) is 5.43. The van der Waals surface area contributed by atoms with Gasteiger partial charge in [-0.2, -0.15) is 0 Å². The first kappa shape index (κ1) is 24.9. The molecular weight excluding hydrogens is 372 g/mol. The van der Waals surface area contributed by atoms with Crippen LogP contribution in [0, 0.1) is 17.3 Å². The highest BCUT2D eigenvalue weighted by molar-refractivity contribution is 5.78. The van der Waals surface area contributed by atoms with Gasteiger partial charge in [0.2, 0.25) is 5.91 Å². The Kier molecular flexibility index (Phi) is 10.1. The van der Waals surface area contributed by atoms with Crippen molar-refractivity contribution in [2.75, 3.05) is 6.61 Å². The predicted octanol–water partition coefficient (Wildman–Crippen LogP) is 3.77. The third kappa shape index (κ3) is 7.99. The number of aromatic nitrogens is 2. The number of aromatic amines is 1. The summed E-state index contributed by atoms with van der Waals surface area (Å²) < 4.78 is 6.47. The van der Waals surface area contributed by atoms with Crippen LogP contribution in [-0.4, -0.2) is 28.0 Å². The van der Waals surface area contributed by atoms with Crippen LogP contribution in [0.25, 0.3) is 0 Å². The van der Waals surface area contributed by atoms with Crippen molar-refractivity contribution in [1.82, 2.24) is 9.55 Å². The molecule has 1 aromatic rings. The second-order valence-corrected chi connectivity index (χ2v) is 8.70. The summed E-state index contributed by atoms with van der Waals surface area (Å²) in [6.07, 6.45) is 6.45. The number of carbonyl (C=O) groups is 2. The number of hydrogen-bond acceptors (Lipinski definition) is 5. The summed E-state index contributed by atoms with van der Waals surface area (Å²) in [5, 5.41) is 0. The number of H-pyrrole nitrogens is 1. The molecule has 29 heavy (non-hydrogen) atoms. The number of unbranched alkanes of at least 4 members (excludes halogenated alkanes) is 4. The van der Waals surface area contributed by atoms with E-state index < -0.39 is 16.7 Å². The molecule has 0 spiro atoms. The van der Waals surface area contributed by atoms with Crippen molar-refractivity contribution in [3.63, 3.8) is 0 Å². The Balaban J connectivity index is 2.24. The van der Waals surface area contributed by atoms with Crippen LogP contribution >= 0.6 is 0 Å². The molecule has 1 atom stereocenters. The SMILES string of the molecule is CC(C)CC(C)(C(=O)OCCCCCCCC(=O)n1ccc(=O)[nH]c1=O)C(C)C. The van der Waals surface area contributed by atoms with Crippen LogP contribution in [0.4, 0.5) is 0 Å². The van der Waals surface area contributed by atoms with Crippen LogP contribution in [0.15, 0.2) is 21.9 Å². The highest BCUT2D eigenvalue weighted by Gasteiger charge is 2.38. The number of nitrogens with zero attached hydrogens (tertiary/aromatic N) is 1. The maximum atomic E-state index is 12.5. The molecule has 0 aliphatic rings. The molecule has 0 saturated carbocycles. The molecule has 0 bridgehead atoms. The molecule has 0 aliphatic carbocycles. The van der Waals surface area contributed by atoms with Crippen molar-refractivity contribution in [2.24, 2.45) is 17.3 Å². The summed E-state index contributed by atoms with van der Waals surface area (Å²) in [6, 6.07) is 1.16. The minimum atomic E-state index is -0.699. The zero-order valence-electron chi connectivity index (χ0n) is 18.5. The number of rotatable bonds is 12. The fourth-order valence-electron chi connectivity index (χ4n) is 3.38. The topological polar surface area (TPSA) is 98.2 Å². The van der Waals surface area contributed by atoms with Gasteiger partial charge in [-0.05, 0) is 38.0 Å². The van der Waals surface area contributed by atoms with Crippen LogP contribution in [0.1, 0.15) is 84.4 Å². The minimum Gasteiger partial charge on any atom is -0.465 e. The highest BCUT2D eigenvalue weighted by Crippen LogP contribution is 2.35. The van der Waals surface area contributed by atoms with E-state index in [-0.39, 0.29) is 24.2 Å². The van der Waals surface area contributed by atoms with E-state index >= 15 is 0 Å².